The van der Waals surface area contributed by atoms with E-state index in [-0.39, 0.29) is 0 Å². The molecule has 0 heterocycles. The van der Waals surface area contributed by atoms with E-state index in [9.17, 15) is 0 Å². The highest BCUT2D eigenvalue weighted by atomic mass is 79.9. The molecule has 2 aromatic carbocycles. The molecule has 2 rings (SSSR count). The van der Waals surface area contributed by atoms with Gasteiger partial charge in [-0.05, 0) is 33.1 Å². The number of nitrogens with two attached hydrogens (primary N) is 1. The third kappa shape index (κ3) is 3.93. The summed E-state index contributed by atoms with van der Waals surface area (Å²) in [4.78, 5) is 4.32. The molecular weight excluding hydrogens is 312 g/mol. The van der Waals surface area contributed by atoms with Gasteiger partial charge in [0.1, 0.15) is 10.4 Å². The Hall–Kier alpha value is -2.13. The molecule has 3 heteroatoms. The number of aliphatic imine (C=N–C) groups is 1. The molecule has 0 radical (unpaired) electrons. The van der Waals surface area contributed by atoms with Crippen LogP contribution in [0.4, 0.5) is 0 Å². The standard InChI is InChI=1S/C17H15BrN2/c1-13(14-8-4-2-5-9-14)12-16(18)20-17(19)15-10-6-3-7-11-15/h2-12H,1H2,(H2,19,20)/b16-12-. The Morgan fingerprint density at radius 2 is 1.45 bits per heavy atom. The van der Waals surface area contributed by atoms with E-state index < -0.39 is 0 Å². The predicted molar refractivity (Wildman–Crippen MR) is 89.7 cm³/mol. The summed E-state index contributed by atoms with van der Waals surface area (Å²) in [6.07, 6.45) is 1.85. The van der Waals surface area contributed by atoms with E-state index in [2.05, 4.69) is 27.5 Å². The molecule has 0 atom stereocenters. The van der Waals surface area contributed by atoms with Gasteiger partial charge in [0.25, 0.3) is 0 Å². The first-order chi connectivity index (χ1) is 9.66. The summed E-state index contributed by atoms with van der Waals surface area (Å²) in [5.74, 6) is 0.467. The van der Waals surface area contributed by atoms with E-state index in [1.54, 1.807) is 0 Å². The fraction of sp³-hybridized carbons (Fsp3) is 0. The molecule has 0 saturated carbocycles. The highest BCUT2D eigenvalue weighted by Crippen LogP contribution is 2.19. The zero-order valence-electron chi connectivity index (χ0n) is 11.0. The van der Waals surface area contributed by atoms with Crippen LogP contribution in [0.1, 0.15) is 11.1 Å². The van der Waals surface area contributed by atoms with E-state index >= 15 is 0 Å². The van der Waals surface area contributed by atoms with Crippen molar-refractivity contribution in [2.75, 3.05) is 0 Å². The second-order valence-corrected chi connectivity index (χ2v) is 5.03. The number of amidine groups is 1. The second kappa shape index (κ2) is 6.87. The van der Waals surface area contributed by atoms with Crippen LogP contribution >= 0.6 is 15.9 Å². The minimum Gasteiger partial charge on any atom is -0.383 e. The van der Waals surface area contributed by atoms with Gasteiger partial charge in [0.05, 0.1) is 0 Å². The number of benzene rings is 2. The average molecular weight is 327 g/mol. The number of hydrogen-bond acceptors (Lipinski definition) is 1. The number of allylic oxidation sites excluding steroid dienone is 2. The maximum Gasteiger partial charge on any atom is 0.131 e. The van der Waals surface area contributed by atoms with Gasteiger partial charge in [-0.3, -0.25) is 0 Å². The monoisotopic (exact) mass is 326 g/mol. The van der Waals surface area contributed by atoms with Crippen molar-refractivity contribution in [3.63, 3.8) is 0 Å². The molecule has 0 amide bonds. The van der Waals surface area contributed by atoms with Crippen molar-refractivity contribution in [2.24, 2.45) is 10.7 Å². The van der Waals surface area contributed by atoms with Crippen molar-refractivity contribution >= 4 is 27.3 Å². The van der Waals surface area contributed by atoms with Crippen LogP contribution in [0.25, 0.3) is 5.57 Å². The summed E-state index contributed by atoms with van der Waals surface area (Å²) in [5, 5.41) is 0. The minimum atomic E-state index is 0.467. The van der Waals surface area contributed by atoms with Crippen LogP contribution in [0.3, 0.4) is 0 Å². The SMILES string of the molecule is C=C(/C=C(Br)\N=C(/N)c1ccccc1)c1ccccc1. The van der Waals surface area contributed by atoms with E-state index in [4.69, 9.17) is 5.73 Å². The fourth-order valence-corrected chi connectivity index (χ4v) is 2.17. The van der Waals surface area contributed by atoms with Crippen LogP contribution in [0.5, 0.6) is 0 Å². The summed E-state index contributed by atoms with van der Waals surface area (Å²) in [6, 6.07) is 19.6. The number of halogens is 1. The Bertz CT molecular complexity index is 643. The molecule has 100 valence electrons. The van der Waals surface area contributed by atoms with Gasteiger partial charge in [0, 0.05) is 5.56 Å². The van der Waals surface area contributed by atoms with Crippen molar-refractivity contribution in [3.8, 4) is 0 Å². The van der Waals surface area contributed by atoms with Gasteiger partial charge in [-0.15, -0.1) is 0 Å². The lowest BCUT2D eigenvalue weighted by Gasteiger charge is -2.02. The fourth-order valence-electron chi connectivity index (χ4n) is 1.70. The normalized spacial score (nSPS) is 12.2. The van der Waals surface area contributed by atoms with Crippen LogP contribution < -0.4 is 5.73 Å². The Labute approximate surface area is 127 Å². The lowest BCUT2D eigenvalue weighted by molar-refractivity contribution is 1.45. The summed E-state index contributed by atoms with van der Waals surface area (Å²) in [7, 11) is 0. The molecule has 0 aromatic heterocycles. The molecule has 0 fully saturated rings. The summed E-state index contributed by atoms with van der Waals surface area (Å²) in [6.45, 7) is 4.03. The van der Waals surface area contributed by atoms with Crippen molar-refractivity contribution in [1.82, 2.24) is 0 Å². The van der Waals surface area contributed by atoms with Gasteiger partial charge < -0.3 is 5.73 Å². The van der Waals surface area contributed by atoms with E-state index in [1.165, 1.54) is 0 Å². The predicted octanol–water partition coefficient (Wildman–Crippen LogP) is 4.34. The van der Waals surface area contributed by atoms with E-state index in [0.29, 0.717) is 10.4 Å². The number of hydrogen-bond donors (Lipinski definition) is 1. The molecule has 0 aliphatic heterocycles. The molecule has 0 unspecified atom stereocenters. The lowest BCUT2D eigenvalue weighted by Crippen LogP contribution is -2.12. The maximum atomic E-state index is 5.96. The molecule has 2 N–H and O–H groups in total. The molecule has 0 aliphatic carbocycles. The lowest BCUT2D eigenvalue weighted by atomic mass is 10.1. The summed E-state index contributed by atoms with van der Waals surface area (Å²) >= 11 is 3.41. The van der Waals surface area contributed by atoms with Gasteiger partial charge >= 0.3 is 0 Å². The summed E-state index contributed by atoms with van der Waals surface area (Å²) in [5.41, 5.74) is 8.78. The first kappa shape index (κ1) is 14.3. The molecule has 0 aliphatic rings. The smallest absolute Gasteiger partial charge is 0.131 e. The molecule has 0 spiro atoms. The van der Waals surface area contributed by atoms with Gasteiger partial charge in [-0.2, -0.15) is 0 Å². The van der Waals surface area contributed by atoms with Crippen LogP contribution in [0, 0.1) is 0 Å². The second-order valence-electron chi connectivity index (χ2n) is 4.22. The van der Waals surface area contributed by atoms with Crippen molar-refractivity contribution in [3.05, 3.63) is 89.1 Å². The van der Waals surface area contributed by atoms with Crippen LogP contribution in [0.15, 0.2) is 82.9 Å². The van der Waals surface area contributed by atoms with E-state index in [1.807, 2.05) is 66.7 Å². The Balaban J connectivity index is 2.17. The molecule has 20 heavy (non-hydrogen) atoms. The van der Waals surface area contributed by atoms with Gasteiger partial charge in [0.2, 0.25) is 0 Å². The Morgan fingerprint density at radius 3 is 2.00 bits per heavy atom. The quantitative estimate of drug-likeness (QED) is 0.386. The van der Waals surface area contributed by atoms with Crippen LogP contribution in [-0.2, 0) is 0 Å². The minimum absolute atomic E-state index is 0.467. The van der Waals surface area contributed by atoms with Crippen LogP contribution in [0.2, 0.25) is 0 Å². The zero-order valence-corrected chi connectivity index (χ0v) is 12.5. The number of nitrogens with zero attached hydrogens (tertiary/aromatic N) is 1. The highest BCUT2D eigenvalue weighted by molar-refractivity contribution is 9.11. The first-order valence-corrected chi connectivity index (χ1v) is 6.97. The third-order valence-corrected chi connectivity index (χ3v) is 3.14. The largest absolute Gasteiger partial charge is 0.383 e. The number of rotatable bonds is 4. The Kier molecular flexibility index (Phi) is 4.91. The van der Waals surface area contributed by atoms with Gasteiger partial charge in [0.15, 0.2) is 0 Å². The highest BCUT2D eigenvalue weighted by Gasteiger charge is 1.99. The molecule has 2 aromatic rings. The van der Waals surface area contributed by atoms with Crippen molar-refractivity contribution in [1.29, 1.82) is 0 Å². The summed E-state index contributed by atoms with van der Waals surface area (Å²) < 4.78 is 0.646. The van der Waals surface area contributed by atoms with Crippen molar-refractivity contribution < 1.29 is 0 Å². The topological polar surface area (TPSA) is 38.4 Å². The Morgan fingerprint density at radius 1 is 0.950 bits per heavy atom. The molecule has 0 saturated heterocycles. The van der Waals surface area contributed by atoms with E-state index in [0.717, 1.165) is 16.7 Å². The maximum absolute atomic E-state index is 5.96. The average Bonchev–Trinajstić information content (AvgIpc) is 2.49. The van der Waals surface area contributed by atoms with Gasteiger partial charge in [-0.1, -0.05) is 67.2 Å². The first-order valence-electron chi connectivity index (χ1n) is 6.18. The van der Waals surface area contributed by atoms with Crippen LogP contribution in [-0.4, -0.2) is 5.84 Å². The molecular formula is C17H15BrN2. The van der Waals surface area contributed by atoms with Gasteiger partial charge in [-0.25, -0.2) is 4.99 Å². The third-order valence-electron chi connectivity index (χ3n) is 2.73. The molecule has 2 nitrogen and oxygen atoms in total. The van der Waals surface area contributed by atoms with Crippen molar-refractivity contribution in [2.45, 2.75) is 0 Å². The molecule has 0 bridgehead atoms. The zero-order chi connectivity index (χ0) is 14.4.